The molecule has 2 saturated heterocycles. The number of amides is 1. The van der Waals surface area contributed by atoms with E-state index in [0.29, 0.717) is 17.3 Å². The van der Waals surface area contributed by atoms with Gasteiger partial charge in [0.1, 0.15) is 0 Å². The fraction of sp³-hybridized carbons (Fsp3) is 0.571. The molecule has 1 aromatic heterocycles. The van der Waals surface area contributed by atoms with Crippen LogP contribution in [0.25, 0.3) is 0 Å². The van der Waals surface area contributed by atoms with Gasteiger partial charge >= 0.3 is 0 Å². The van der Waals surface area contributed by atoms with Crippen molar-refractivity contribution in [3.8, 4) is 0 Å². The highest BCUT2D eigenvalue weighted by Crippen LogP contribution is 2.20. The molecule has 0 aliphatic carbocycles. The van der Waals surface area contributed by atoms with Crippen molar-refractivity contribution in [1.29, 1.82) is 0 Å². The van der Waals surface area contributed by atoms with Gasteiger partial charge < -0.3 is 15.4 Å². The maximum absolute atomic E-state index is 12.5. The van der Waals surface area contributed by atoms with E-state index in [9.17, 15) is 4.79 Å². The van der Waals surface area contributed by atoms with E-state index >= 15 is 0 Å². The van der Waals surface area contributed by atoms with Gasteiger partial charge in [-0.05, 0) is 12.5 Å². The van der Waals surface area contributed by atoms with Crippen LogP contribution in [0.3, 0.4) is 0 Å². The van der Waals surface area contributed by atoms with Crippen LogP contribution in [-0.2, 0) is 4.74 Å². The summed E-state index contributed by atoms with van der Waals surface area (Å²) in [6, 6.07) is 2.14. The van der Waals surface area contributed by atoms with Gasteiger partial charge in [-0.25, -0.2) is 0 Å². The molecule has 3 rings (SSSR count). The SMILES string of the molecule is Nc1cnccc1C(=O)N1CCC(N2CCOCC2)C1. The average molecular weight is 276 g/mol. The summed E-state index contributed by atoms with van der Waals surface area (Å²) in [6.45, 7) is 5.08. The minimum absolute atomic E-state index is 0.0145. The number of hydrogen-bond acceptors (Lipinski definition) is 5. The lowest BCUT2D eigenvalue weighted by atomic mass is 10.2. The summed E-state index contributed by atoms with van der Waals surface area (Å²) in [5, 5.41) is 0. The molecule has 0 radical (unpaired) electrons. The monoisotopic (exact) mass is 276 g/mol. The van der Waals surface area contributed by atoms with Crippen molar-refractivity contribution in [3.05, 3.63) is 24.0 Å². The lowest BCUT2D eigenvalue weighted by Crippen LogP contribution is -2.45. The van der Waals surface area contributed by atoms with Gasteiger partial charge in [0.2, 0.25) is 0 Å². The highest BCUT2D eigenvalue weighted by atomic mass is 16.5. The van der Waals surface area contributed by atoms with E-state index in [1.807, 2.05) is 4.90 Å². The molecule has 3 heterocycles. The fourth-order valence-electron chi connectivity index (χ4n) is 2.94. The predicted octanol–water partition coefficient (Wildman–Crippen LogP) is 0.211. The molecule has 6 nitrogen and oxygen atoms in total. The largest absolute Gasteiger partial charge is 0.397 e. The molecule has 1 atom stereocenters. The molecule has 108 valence electrons. The topological polar surface area (TPSA) is 71.7 Å². The molecule has 2 aliphatic rings. The third-order valence-corrected chi connectivity index (χ3v) is 4.09. The normalized spacial score (nSPS) is 24.0. The molecule has 0 aromatic carbocycles. The number of hydrogen-bond donors (Lipinski definition) is 1. The van der Waals surface area contributed by atoms with Crippen molar-refractivity contribution in [2.45, 2.75) is 12.5 Å². The van der Waals surface area contributed by atoms with Crippen molar-refractivity contribution in [2.75, 3.05) is 45.1 Å². The third kappa shape index (κ3) is 2.62. The Bertz CT molecular complexity index is 488. The minimum Gasteiger partial charge on any atom is -0.397 e. The fourth-order valence-corrected chi connectivity index (χ4v) is 2.94. The Kier molecular flexibility index (Phi) is 3.84. The van der Waals surface area contributed by atoms with E-state index < -0.39 is 0 Å². The molecule has 0 spiro atoms. The summed E-state index contributed by atoms with van der Waals surface area (Å²) in [4.78, 5) is 20.7. The Morgan fingerprint density at radius 3 is 2.90 bits per heavy atom. The zero-order chi connectivity index (χ0) is 13.9. The Hall–Kier alpha value is -1.66. The molecule has 2 aliphatic heterocycles. The van der Waals surface area contributed by atoms with Crippen LogP contribution in [0.1, 0.15) is 16.8 Å². The van der Waals surface area contributed by atoms with Crippen LogP contribution in [0.5, 0.6) is 0 Å². The second-order valence-corrected chi connectivity index (χ2v) is 5.30. The second-order valence-electron chi connectivity index (χ2n) is 5.30. The molecule has 1 aromatic rings. The molecule has 2 fully saturated rings. The van der Waals surface area contributed by atoms with Gasteiger partial charge in [-0.15, -0.1) is 0 Å². The molecule has 2 N–H and O–H groups in total. The number of carbonyl (C=O) groups is 1. The lowest BCUT2D eigenvalue weighted by Gasteiger charge is -2.32. The molecular formula is C14H20N4O2. The van der Waals surface area contributed by atoms with Gasteiger partial charge in [0.25, 0.3) is 5.91 Å². The summed E-state index contributed by atoms with van der Waals surface area (Å²) in [7, 11) is 0. The first-order chi connectivity index (χ1) is 9.75. The van der Waals surface area contributed by atoms with Crippen LogP contribution in [0, 0.1) is 0 Å². The number of nitrogens with two attached hydrogens (primary N) is 1. The van der Waals surface area contributed by atoms with E-state index in [0.717, 1.165) is 45.8 Å². The number of pyridine rings is 1. The maximum atomic E-state index is 12.5. The Balaban J connectivity index is 1.65. The first kappa shape index (κ1) is 13.3. The highest BCUT2D eigenvalue weighted by molar-refractivity contribution is 5.99. The number of anilines is 1. The lowest BCUT2D eigenvalue weighted by molar-refractivity contribution is 0.0185. The molecule has 20 heavy (non-hydrogen) atoms. The van der Waals surface area contributed by atoms with Gasteiger partial charge in [0.15, 0.2) is 0 Å². The van der Waals surface area contributed by atoms with Crippen LogP contribution >= 0.6 is 0 Å². The van der Waals surface area contributed by atoms with Crippen molar-refractivity contribution in [1.82, 2.24) is 14.8 Å². The van der Waals surface area contributed by atoms with Crippen molar-refractivity contribution < 1.29 is 9.53 Å². The van der Waals surface area contributed by atoms with Crippen LogP contribution in [0.4, 0.5) is 5.69 Å². The van der Waals surface area contributed by atoms with E-state index in [1.165, 1.54) is 6.20 Å². The number of nitrogens with zero attached hydrogens (tertiary/aromatic N) is 3. The number of rotatable bonds is 2. The van der Waals surface area contributed by atoms with E-state index in [1.54, 1.807) is 12.3 Å². The number of aromatic nitrogens is 1. The van der Waals surface area contributed by atoms with Gasteiger partial charge in [-0.2, -0.15) is 0 Å². The predicted molar refractivity (Wildman–Crippen MR) is 75.3 cm³/mol. The van der Waals surface area contributed by atoms with Crippen LogP contribution in [0.15, 0.2) is 18.5 Å². The summed E-state index contributed by atoms with van der Waals surface area (Å²) < 4.78 is 5.37. The molecule has 0 bridgehead atoms. The smallest absolute Gasteiger partial charge is 0.256 e. The van der Waals surface area contributed by atoms with Crippen molar-refractivity contribution >= 4 is 11.6 Å². The molecule has 1 unspecified atom stereocenters. The number of nitrogen functional groups attached to an aromatic ring is 1. The Morgan fingerprint density at radius 1 is 1.35 bits per heavy atom. The zero-order valence-corrected chi connectivity index (χ0v) is 11.5. The van der Waals surface area contributed by atoms with E-state index in [2.05, 4.69) is 9.88 Å². The first-order valence-corrected chi connectivity index (χ1v) is 7.06. The Morgan fingerprint density at radius 2 is 2.15 bits per heavy atom. The van der Waals surface area contributed by atoms with Crippen molar-refractivity contribution in [2.24, 2.45) is 0 Å². The summed E-state index contributed by atoms with van der Waals surface area (Å²) in [6.07, 6.45) is 4.17. The summed E-state index contributed by atoms with van der Waals surface area (Å²) >= 11 is 0. The minimum atomic E-state index is 0.0145. The van der Waals surface area contributed by atoms with Crippen LogP contribution in [-0.4, -0.2) is 66.1 Å². The maximum Gasteiger partial charge on any atom is 0.256 e. The third-order valence-electron chi connectivity index (χ3n) is 4.09. The van der Waals surface area contributed by atoms with Gasteiger partial charge in [-0.1, -0.05) is 0 Å². The number of carbonyl (C=O) groups excluding carboxylic acids is 1. The second kappa shape index (κ2) is 5.76. The first-order valence-electron chi connectivity index (χ1n) is 7.06. The molecule has 1 amide bonds. The molecule has 6 heteroatoms. The number of likely N-dealkylation sites (tertiary alicyclic amines) is 1. The van der Waals surface area contributed by atoms with E-state index in [-0.39, 0.29) is 5.91 Å². The standard InChI is InChI=1S/C14H20N4O2/c15-13-9-16-3-1-12(13)14(19)18-4-2-11(10-18)17-5-7-20-8-6-17/h1,3,9,11H,2,4-8,10,15H2. The number of ether oxygens (including phenoxy) is 1. The van der Waals surface area contributed by atoms with Crippen LogP contribution < -0.4 is 5.73 Å². The van der Waals surface area contributed by atoms with Gasteiger partial charge in [0, 0.05) is 38.4 Å². The summed E-state index contributed by atoms with van der Waals surface area (Å²) in [5.74, 6) is 0.0145. The molecule has 0 saturated carbocycles. The summed E-state index contributed by atoms with van der Waals surface area (Å²) in [5.41, 5.74) is 6.84. The Labute approximate surface area is 118 Å². The van der Waals surface area contributed by atoms with Gasteiger partial charge in [0.05, 0.1) is 30.7 Å². The average Bonchev–Trinajstić information content (AvgIpc) is 2.98. The zero-order valence-electron chi connectivity index (χ0n) is 11.5. The van der Waals surface area contributed by atoms with Gasteiger partial charge in [-0.3, -0.25) is 14.7 Å². The van der Waals surface area contributed by atoms with Crippen molar-refractivity contribution in [3.63, 3.8) is 0 Å². The number of morpholine rings is 1. The highest BCUT2D eigenvalue weighted by Gasteiger charge is 2.31. The quantitative estimate of drug-likeness (QED) is 0.836. The van der Waals surface area contributed by atoms with Crippen LogP contribution in [0.2, 0.25) is 0 Å². The van der Waals surface area contributed by atoms with E-state index in [4.69, 9.17) is 10.5 Å². The molecular weight excluding hydrogens is 256 g/mol.